The van der Waals surface area contributed by atoms with E-state index >= 15 is 0 Å². The molecular weight excluding hydrogens is 372 g/mol. The Kier molecular flexibility index (Phi) is 9.37. The molecule has 1 nitrogen and oxygen atoms in total. The standard InChI is InChI=1S/C14H28Br2OSi/c1-11(2)18(12(3)4,13(5)6)17-10-8-7-9-14(15)16/h9,11-13H,7-8,10H2,1-6H3. The first kappa shape index (κ1) is 18.9. The third-order valence-corrected chi connectivity index (χ3v) is 10.5. The van der Waals surface area contributed by atoms with Gasteiger partial charge in [-0.2, -0.15) is 0 Å². The molecule has 108 valence electrons. The van der Waals surface area contributed by atoms with Gasteiger partial charge in [0.15, 0.2) is 8.32 Å². The van der Waals surface area contributed by atoms with E-state index in [2.05, 4.69) is 79.5 Å². The van der Waals surface area contributed by atoms with Crippen LogP contribution >= 0.6 is 31.9 Å². The molecule has 0 rings (SSSR count). The van der Waals surface area contributed by atoms with Gasteiger partial charge in [0.25, 0.3) is 0 Å². The van der Waals surface area contributed by atoms with Crippen molar-refractivity contribution in [3.05, 3.63) is 9.47 Å². The van der Waals surface area contributed by atoms with Crippen LogP contribution in [0.5, 0.6) is 0 Å². The van der Waals surface area contributed by atoms with E-state index in [-0.39, 0.29) is 0 Å². The SMILES string of the molecule is CC(C)[Si](OCCCC=C(Br)Br)(C(C)C)C(C)C. The molecular formula is C14H28Br2OSi. The van der Waals surface area contributed by atoms with Gasteiger partial charge in [-0.1, -0.05) is 47.6 Å². The van der Waals surface area contributed by atoms with E-state index < -0.39 is 8.32 Å². The summed E-state index contributed by atoms with van der Waals surface area (Å²) in [6, 6.07) is 0. The van der Waals surface area contributed by atoms with Crippen LogP contribution in [0, 0.1) is 0 Å². The van der Waals surface area contributed by atoms with E-state index in [0.29, 0.717) is 16.6 Å². The van der Waals surface area contributed by atoms with Crippen LogP contribution in [0.2, 0.25) is 16.6 Å². The maximum Gasteiger partial charge on any atom is 0.200 e. The van der Waals surface area contributed by atoms with Gasteiger partial charge >= 0.3 is 0 Å². The first-order valence-electron chi connectivity index (χ1n) is 6.90. The zero-order valence-corrected chi connectivity index (χ0v) is 16.8. The summed E-state index contributed by atoms with van der Waals surface area (Å²) in [5, 5.41) is 0. The fourth-order valence-corrected chi connectivity index (χ4v) is 9.00. The van der Waals surface area contributed by atoms with Gasteiger partial charge in [-0.15, -0.1) is 0 Å². The maximum absolute atomic E-state index is 6.47. The molecule has 0 saturated carbocycles. The van der Waals surface area contributed by atoms with Gasteiger partial charge in [0.1, 0.15) is 0 Å². The third-order valence-electron chi connectivity index (χ3n) is 3.71. The van der Waals surface area contributed by atoms with Crippen LogP contribution in [0.3, 0.4) is 0 Å². The number of rotatable bonds is 8. The predicted octanol–water partition coefficient (Wildman–Crippen LogP) is 6.59. The Bertz CT molecular complexity index is 237. The first-order valence-corrected chi connectivity index (χ1v) is 10.6. The lowest BCUT2D eigenvalue weighted by atomic mass is 10.3. The quantitative estimate of drug-likeness (QED) is 0.330. The van der Waals surface area contributed by atoms with Gasteiger partial charge in [-0.3, -0.25) is 0 Å². The average molecular weight is 400 g/mol. The first-order chi connectivity index (χ1) is 8.25. The van der Waals surface area contributed by atoms with Gasteiger partial charge in [-0.05, 0) is 61.3 Å². The highest BCUT2D eigenvalue weighted by atomic mass is 79.9. The predicted molar refractivity (Wildman–Crippen MR) is 92.2 cm³/mol. The van der Waals surface area contributed by atoms with Crippen LogP contribution in [0.25, 0.3) is 0 Å². The molecule has 0 fully saturated rings. The molecule has 0 aliphatic carbocycles. The zero-order valence-electron chi connectivity index (χ0n) is 12.6. The van der Waals surface area contributed by atoms with Gasteiger partial charge in [0.2, 0.25) is 0 Å². The van der Waals surface area contributed by atoms with Crippen molar-refractivity contribution < 1.29 is 4.43 Å². The van der Waals surface area contributed by atoms with Crippen LogP contribution in [-0.2, 0) is 4.43 Å². The highest BCUT2D eigenvalue weighted by Gasteiger charge is 2.44. The van der Waals surface area contributed by atoms with E-state index in [9.17, 15) is 0 Å². The Labute approximate surface area is 131 Å². The van der Waals surface area contributed by atoms with Crippen LogP contribution in [-0.4, -0.2) is 14.9 Å². The molecule has 0 spiro atoms. The number of hydrogen-bond acceptors (Lipinski definition) is 1. The molecule has 4 heteroatoms. The van der Waals surface area contributed by atoms with E-state index in [0.717, 1.165) is 22.8 Å². The summed E-state index contributed by atoms with van der Waals surface area (Å²) in [5.74, 6) is 0. The zero-order chi connectivity index (χ0) is 14.3. The maximum atomic E-state index is 6.47. The van der Waals surface area contributed by atoms with Crippen molar-refractivity contribution in [3.8, 4) is 0 Å². The monoisotopic (exact) mass is 398 g/mol. The van der Waals surface area contributed by atoms with E-state index in [1.807, 2.05) is 0 Å². The highest BCUT2D eigenvalue weighted by Crippen LogP contribution is 2.42. The fourth-order valence-electron chi connectivity index (χ4n) is 3.04. The number of allylic oxidation sites excluding steroid dienone is 1. The van der Waals surface area contributed by atoms with Crippen LogP contribution in [0.1, 0.15) is 54.4 Å². The van der Waals surface area contributed by atoms with Gasteiger partial charge < -0.3 is 4.43 Å². The summed E-state index contributed by atoms with van der Waals surface area (Å²) < 4.78 is 7.51. The molecule has 0 aliphatic heterocycles. The van der Waals surface area contributed by atoms with Crippen molar-refractivity contribution in [3.63, 3.8) is 0 Å². The molecule has 18 heavy (non-hydrogen) atoms. The summed E-state index contributed by atoms with van der Waals surface area (Å²) >= 11 is 6.76. The highest BCUT2D eigenvalue weighted by molar-refractivity contribution is 9.28. The summed E-state index contributed by atoms with van der Waals surface area (Å²) in [7, 11) is -1.65. The molecule has 0 heterocycles. The molecule has 0 N–H and O–H groups in total. The molecule has 0 aromatic carbocycles. The molecule has 0 unspecified atom stereocenters. The Hall–Kier alpha value is 0.877. The van der Waals surface area contributed by atoms with Crippen LogP contribution < -0.4 is 0 Å². The Balaban J connectivity index is 4.48. The van der Waals surface area contributed by atoms with Crippen molar-refractivity contribution in [1.82, 2.24) is 0 Å². The minimum absolute atomic E-state index is 0.677. The molecule has 0 atom stereocenters. The minimum atomic E-state index is -1.65. The van der Waals surface area contributed by atoms with Gasteiger partial charge in [0.05, 0.1) is 3.39 Å². The summed E-state index contributed by atoms with van der Waals surface area (Å²) in [6.45, 7) is 14.9. The van der Waals surface area contributed by atoms with Crippen LogP contribution in [0.4, 0.5) is 0 Å². The Morgan fingerprint density at radius 3 is 1.78 bits per heavy atom. The molecule has 0 aliphatic rings. The number of hydrogen-bond donors (Lipinski definition) is 0. The minimum Gasteiger partial charge on any atom is -0.416 e. The van der Waals surface area contributed by atoms with E-state index in [4.69, 9.17) is 4.43 Å². The summed E-state index contributed by atoms with van der Waals surface area (Å²) in [6.07, 6.45) is 4.30. The Morgan fingerprint density at radius 2 is 1.44 bits per heavy atom. The van der Waals surface area contributed by atoms with Crippen molar-refractivity contribution in [1.29, 1.82) is 0 Å². The van der Waals surface area contributed by atoms with Crippen molar-refractivity contribution >= 4 is 40.2 Å². The molecule has 0 saturated heterocycles. The number of halogens is 2. The smallest absolute Gasteiger partial charge is 0.200 e. The largest absolute Gasteiger partial charge is 0.416 e. The fraction of sp³-hybridized carbons (Fsp3) is 0.857. The van der Waals surface area contributed by atoms with E-state index in [1.54, 1.807) is 0 Å². The van der Waals surface area contributed by atoms with Crippen molar-refractivity contribution in [2.45, 2.75) is 71.0 Å². The molecule has 0 aromatic heterocycles. The molecule has 0 amide bonds. The number of unbranched alkanes of at least 4 members (excludes halogenated alkanes) is 1. The third kappa shape index (κ3) is 5.47. The van der Waals surface area contributed by atoms with E-state index in [1.165, 1.54) is 0 Å². The topological polar surface area (TPSA) is 9.23 Å². The summed E-state index contributed by atoms with van der Waals surface area (Å²) in [4.78, 5) is 0. The summed E-state index contributed by atoms with van der Waals surface area (Å²) in [5.41, 5.74) is 2.03. The molecule has 0 radical (unpaired) electrons. The second-order valence-electron chi connectivity index (χ2n) is 5.80. The second kappa shape index (κ2) is 8.93. The second-order valence-corrected chi connectivity index (χ2v) is 14.0. The van der Waals surface area contributed by atoms with Crippen molar-refractivity contribution in [2.24, 2.45) is 0 Å². The lowest BCUT2D eigenvalue weighted by Gasteiger charge is -2.42. The molecule has 0 aromatic rings. The van der Waals surface area contributed by atoms with Gasteiger partial charge in [0, 0.05) is 6.61 Å². The lowest BCUT2D eigenvalue weighted by Crippen LogP contribution is -2.47. The van der Waals surface area contributed by atoms with Crippen molar-refractivity contribution in [2.75, 3.05) is 6.61 Å². The van der Waals surface area contributed by atoms with Gasteiger partial charge in [-0.25, -0.2) is 0 Å². The molecule has 0 bridgehead atoms. The normalized spacial score (nSPS) is 12.6. The Morgan fingerprint density at radius 1 is 1.00 bits per heavy atom. The van der Waals surface area contributed by atoms with Crippen LogP contribution in [0.15, 0.2) is 9.47 Å². The lowest BCUT2D eigenvalue weighted by molar-refractivity contribution is 0.273. The average Bonchev–Trinajstić information content (AvgIpc) is 2.20.